The zero-order valence-corrected chi connectivity index (χ0v) is 12.2. The van der Waals surface area contributed by atoms with Gasteiger partial charge in [0.1, 0.15) is 11.4 Å². The number of hydrogen-bond donors (Lipinski definition) is 2. The molecule has 106 valence electrons. The highest BCUT2D eigenvalue weighted by Crippen LogP contribution is 2.38. The molecule has 0 heterocycles. The first-order chi connectivity index (χ1) is 8.72. The van der Waals surface area contributed by atoms with Gasteiger partial charge in [0.05, 0.1) is 13.5 Å². The van der Waals surface area contributed by atoms with Gasteiger partial charge in [-0.15, -0.1) is 0 Å². The third-order valence-corrected chi connectivity index (χ3v) is 3.55. The summed E-state index contributed by atoms with van der Waals surface area (Å²) in [7, 11) is 1.58. The molecule has 0 saturated heterocycles. The first-order valence-electron chi connectivity index (χ1n) is 6.32. The molecule has 1 unspecified atom stereocenters. The van der Waals surface area contributed by atoms with Gasteiger partial charge in [-0.3, -0.25) is 4.79 Å². The molecule has 1 aromatic rings. The van der Waals surface area contributed by atoms with Crippen molar-refractivity contribution in [2.45, 2.75) is 39.7 Å². The smallest absolute Gasteiger partial charge is 0.306 e. The second-order valence-electron chi connectivity index (χ2n) is 5.29. The summed E-state index contributed by atoms with van der Waals surface area (Å²) in [5, 5.41) is 19.9. The molecule has 2 N–H and O–H groups in total. The van der Waals surface area contributed by atoms with Gasteiger partial charge in [0.2, 0.25) is 0 Å². The lowest BCUT2D eigenvalue weighted by molar-refractivity contribution is -0.145. The number of benzene rings is 1. The van der Waals surface area contributed by atoms with Crippen molar-refractivity contribution < 1.29 is 19.7 Å². The normalized spacial score (nSPS) is 14.3. The fourth-order valence-electron chi connectivity index (χ4n) is 2.54. The summed E-state index contributed by atoms with van der Waals surface area (Å²) in [5.41, 5.74) is 1.00. The Morgan fingerprint density at radius 3 is 2.11 bits per heavy atom. The third-order valence-electron chi connectivity index (χ3n) is 3.55. The molecule has 1 aromatic carbocycles. The van der Waals surface area contributed by atoms with Gasteiger partial charge in [-0.05, 0) is 48.6 Å². The average molecular weight is 266 g/mol. The fraction of sp³-hybridized carbons (Fsp3) is 0.533. The zero-order valence-electron chi connectivity index (χ0n) is 12.2. The van der Waals surface area contributed by atoms with Crippen LogP contribution in [0.25, 0.3) is 0 Å². The van der Waals surface area contributed by atoms with Gasteiger partial charge in [0.15, 0.2) is 0 Å². The minimum atomic E-state index is -1.37. The lowest BCUT2D eigenvalue weighted by Crippen LogP contribution is -2.36. The third kappa shape index (κ3) is 3.07. The summed E-state index contributed by atoms with van der Waals surface area (Å²) >= 11 is 0. The predicted octanol–water partition coefficient (Wildman–Crippen LogP) is 2.63. The van der Waals surface area contributed by atoms with Crippen molar-refractivity contribution in [2.75, 3.05) is 7.11 Å². The van der Waals surface area contributed by atoms with Crippen LogP contribution in [-0.2, 0) is 10.4 Å². The Morgan fingerprint density at radius 2 is 1.79 bits per heavy atom. The molecular formula is C15H22O4. The van der Waals surface area contributed by atoms with Crippen LogP contribution >= 0.6 is 0 Å². The number of ether oxygens (including phenoxy) is 1. The number of methoxy groups -OCH3 is 1. The highest BCUT2D eigenvalue weighted by atomic mass is 16.5. The highest BCUT2D eigenvalue weighted by Gasteiger charge is 2.38. The van der Waals surface area contributed by atoms with Crippen LogP contribution < -0.4 is 4.74 Å². The maximum atomic E-state index is 11.1. The molecule has 0 amide bonds. The SMILES string of the molecule is COc1cc(C)c(C(O)(CC(=O)O)C(C)C)c(C)c1. The van der Waals surface area contributed by atoms with Crippen LogP contribution in [0.5, 0.6) is 5.75 Å². The number of aliphatic carboxylic acids is 1. The molecular weight excluding hydrogens is 244 g/mol. The van der Waals surface area contributed by atoms with Crippen molar-refractivity contribution in [1.82, 2.24) is 0 Å². The second kappa shape index (κ2) is 5.61. The molecule has 4 heteroatoms. The topological polar surface area (TPSA) is 66.8 Å². The molecule has 0 radical (unpaired) electrons. The summed E-state index contributed by atoms with van der Waals surface area (Å²) < 4.78 is 5.19. The Bertz CT molecular complexity index is 456. The van der Waals surface area contributed by atoms with Crippen molar-refractivity contribution in [2.24, 2.45) is 5.92 Å². The van der Waals surface area contributed by atoms with E-state index in [1.165, 1.54) is 0 Å². The zero-order chi connectivity index (χ0) is 14.8. The van der Waals surface area contributed by atoms with Crippen molar-refractivity contribution in [3.05, 3.63) is 28.8 Å². The number of aliphatic hydroxyl groups is 1. The molecule has 1 atom stereocenters. The molecule has 0 saturated carbocycles. The highest BCUT2D eigenvalue weighted by molar-refractivity contribution is 5.69. The monoisotopic (exact) mass is 266 g/mol. The summed E-state index contributed by atoms with van der Waals surface area (Å²) in [6, 6.07) is 3.63. The molecule has 0 bridgehead atoms. The van der Waals surface area contributed by atoms with E-state index in [2.05, 4.69) is 0 Å². The molecule has 0 aliphatic rings. The van der Waals surface area contributed by atoms with Crippen molar-refractivity contribution in [3.63, 3.8) is 0 Å². The van der Waals surface area contributed by atoms with Crippen LogP contribution in [0.1, 0.15) is 37.0 Å². The maximum absolute atomic E-state index is 11.1. The molecule has 0 spiro atoms. The van der Waals surface area contributed by atoms with E-state index in [0.29, 0.717) is 11.3 Å². The van der Waals surface area contributed by atoms with Gasteiger partial charge in [-0.25, -0.2) is 0 Å². The minimum Gasteiger partial charge on any atom is -0.497 e. The molecule has 19 heavy (non-hydrogen) atoms. The lowest BCUT2D eigenvalue weighted by Gasteiger charge is -2.34. The van der Waals surface area contributed by atoms with Crippen molar-refractivity contribution >= 4 is 5.97 Å². The van der Waals surface area contributed by atoms with Gasteiger partial charge in [0, 0.05) is 0 Å². The van der Waals surface area contributed by atoms with Gasteiger partial charge in [-0.2, -0.15) is 0 Å². The van der Waals surface area contributed by atoms with Crippen LogP contribution in [0.3, 0.4) is 0 Å². The molecule has 0 aliphatic heterocycles. The molecule has 4 nitrogen and oxygen atoms in total. The molecule has 1 rings (SSSR count). The van der Waals surface area contributed by atoms with Crippen LogP contribution in [0.4, 0.5) is 0 Å². The molecule has 0 fully saturated rings. The summed E-state index contributed by atoms with van der Waals surface area (Å²) in [6.07, 6.45) is -0.307. The van der Waals surface area contributed by atoms with Gasteiger partial charge >= 0.3 is 5.97 Å². The summed E-state index contributed by atoms with van der Waals surface area (Å²) in [5.74, 6) is -0.500. The number of carboxylic acid groups (broad SMARTS) is 1. The quantitative estimate of drug-likeness (QED) is 0.859. The minimum absolute atomic E-state index is 0.200. The lowest BCUT2D eigenvalue weighted by atomic mass is 9.77. The summed E-state index contributed by atoms with van der Waals surface area (Å²) in [6.45, 7) is 7.37. The van der Waals surface area contributed by atoms with Crippen LogP contribution in [0, 0.1) is 19.8 Å². The number of hydrogen-bond acceptors (Lipinski definition) is 3. The Labute approximate surface area is 114 Å². The first-order valence-corrected chi connectivity index (χ1v) is 6.32. The number of aryl methyl sites for hydroxylation is 2. The Balaban J connectivity index is 3.43. The fourth-order valence-corrected chi connectivity index (χ4v) is 2.54. The van der Waals surface area contributed by atoms with Crippen LogP contribution in [-0.4, -0.2) is 23.3 Å². The van der Waals surface area contributed by atoms with Crippen LogP contribution in [0.2, 0.25) is 0 Å². The number of carboxylic acids is 1. The van der Waals surface area contributed by atoms with E-state index < -0.39 is 11.6 Å². The van der Waals surface area contributed by atoms with Crippen molar-refractivity contribution in [1.29, 1.82) is 0 Å². The second-order valence-corrected chi connectivity index (χ2v) is 5.29. The first kappa shape index (κ1) is 15.5. The van der Waals surface area contributed by atoms with E-state index >= 15 is 0 Å². The van der Waals surface area contributed by atoms with Gasteiger partial charge < -0.3 is 14.9 Å². The average Bonchev–Trinajstić information content (AvgIpc) is 2.26. The van der Waals surface area contributed by atoms with E-state index in [1.807, 2.05) is 39.8 Å². The molecule has 0 aliphatic carbocycles. The standard InChI is InChI=1S/C15H22O4/c1-9(2)15(18,8-13(16)17)14-10(3)6-12(19-5)7-11(14)4/h6-7,9,18H,8H2,1-5H3,(H,16,17). The van der Waals surface area contributed by atoms with Gasteiger partial charge in [0.25, 0.3) is 0 Å². The van der Waals surface area contributed by atoms with Gasteiger partial charge in [-0.1, -0.05) is 13.8 Å². The van der Waals surface area contributed by atoms with E-state index in [4.69, 9.17) is 9.84 Å². The van der Waals surface area contributed by atoms with E-state index in [-0.39, 0.29) is 12.3 Å². The number of rotatable bonds is 5. The Kier molecular flexibility index (Phi) is 4.58. The molecule has 0 aromatic heterocycles. The Morgan fingerprint density at radius 1 is 1.32 bits per heavy atom. The number of carbonyl (C=O) groups is 1. The summed E-state index contributed by atoms with van der Waals surface area (Å²) in [4.78, 5) is 11.1. The van der Waals surface area contributed by atoms with E-state index in [1.54, 1.807) is 7.11 Å². The maximum Gasteiger partial charge on any atom is 0.306 e. The van der Waals surface area contributed by atoms with E-state index in [9.17, 15) is 9.90 Å². The predicted molar refractivity (Wildman–Crippen MR) is 73.5 cm³/mol. The van der Waals surface area contributed by atoms with Crippen molar-refractivity contribution in [3.8, 4) is 5.75 Å². The van der Waals surface area contributed by atoms with E-state index in [0.717, 1.165) is 11.1 Å². The van der Waals surface area contributed by atoms with Crippen LogP contribution in [0.15, 0.2) is 12.1 Å². The largest absolute Gasteiger partial charge is 0.497 e. The Hall–Kier alpha value is -1.55.